The zero-order chi connectivity index (χ0) is 19.8. The second kappa shape index (κ2) is 6.84. The first-order valence-corrected chi connectivity index (χ1v) is 9.41. The van der Waals surface area contributed by atoms with E-state index in [1.165, 1.54) is 6.92 Å². The average Bonchev–Trinajstić information content (AvgIpc) is 2.80. The first-order chi connectivity index (χ1) is 12.6. The van der Waals surface area contributed by atoms with Crippen molar-refractivity contribution in [1.29, 1.82) is 5.26 Å². The van der Waals surface area contributed by atoms with E-state index < -0.39 is 5.91 Å². The van der Waals surface area contributed by atoms with Crippen LogP contribution in [-0.2, 0) is 4.79 Å². The van der Waals surface area contributed by atoms with Crippen LogP contribution >= 0.6 is 0 Å². The lowest BCUT2D eigenvalue weighted by Gasteiger charge is -2.39. The molecule has 5 heteroatoms. The number of anilines is 1. The first-order valence-electron chi connectivity index (χ1n) is 9.41. The van der Waals surface area contributed by atoms with Crippen molar-refractivity contribution < 1.29 is 9.59 Å². The van der Waals surface area contributed by atoms with Crippen LogP contribution in [0.4, 0.5) is 5.69 Å². The van der Waals surface area contributed by atoms with Crippen molar-refractivity contribution in [2.24, 2.45) is 10.8 Å². The van der Waals surface area contributed by atoms with Crippen LogP contribution in [0, 0.1) is 22.2 Å². The van der Waals surface area contributed by atoms with Gasteiger partial charge in [0.1, 0.15) is 11.6 Å². The smallest absolute Gasteiger partial charge is 0.267 e. The van der Waals surface area contributed by atoms with E-state index in [1.807, 2.05) is 6.07 Å². The van der Waals surface area contributed by atoms with Crippen molar-refractivity contribution in [3.05, 3.63) is 41.6 Å². The Morgan fingerprint density at radius 3 is 2.70 bits per heavy atom. The van der Waals surface area contributed by atoms with Gasteiger partial charge in [-0.25, -0.2) is 0 Å². The lowest BCUT2D eigenvalue weighted by atomic mass is 9.65. The molecule has 0 aromatic heterocycles. The summed E-state index contributed by atoms with van der Waals surface area (Å²) in [7, 11) is 0. The van der Waals surface area contributed by atoms with Gasteiger partial charge in [0, 0.05) is 30.0 Å². The summed E-state index contributed by atoms with van der Waals surface area (Å²) in [5, 5.41) is 12.3. The minimum absolute atomic E-state index is 0.0673. The second-order valence-electron chi connectivity index (χ2n) is 9.13. The third-order valence-corrected chi connectivity index (χ3v) is 5.64. The number of carbonyl (C=O) groups excluding carboxylic acids is 2. The van der Waals surface area contributed by atoms with Gasteiger partial charge in [0.15, 0.2) is 5.78 Å². The maximum absolute atomic E-state index is 12.6. The molecule has 1 aliphatic carbocycles. The van der Waals surface area contributed by atoms with E-state index in [9.17, 15) is 14.9 Å². The number of fused-ring (bicyclic) bond motifs is 2. The zero-order valence-corrected chi connectivity index (χ0v) is 16.5. The zero-order valence-electron chi connectivity index (χ0n) is 16.5. The fraction of sp³-hybridized carbons (Fsp3) is 0.500. The molecule has 3 rings (SSSR count). The lowest BCUT2D eigenvalue weighted by molar-refractivity contribution is -0.112. The topological polar surface area (TPSA) is 73.2 Å². The fourth-order valence-corrected chi connectivity index (χ4v) is 4.97. The number of ketones is 1. The van der Waals surface area contributed by atoms with Crippen LogP contribution in [-0.4, -0.2) is 29.2 Å². The highest BCUT2D eigenvalue weighted by Crippen LogP contribution is 2.52. The van der Waals surface area contributed by atoms with Gasteiger partial charge in [-0.1, -0.05) is 32.9 Å². The first kappa shape index (κ1) is 19.2. The molecule has 2 aliphatic rings. The van der Waals surface area contributed by atoms with Gasteiger partial charge in [-0.2, -0.15) is 5.26 Å². The van der Waals surface area contributed by atoms with Crippen LogP contribution in [0.5, 0.6) is 0 Å². The van der Waals surface area contributed by atoms with Gasteiger partial charge in [-0.15, -0.1) is 0 Å². The standard InChI is InChI=1S/C22H27N3O2/c1-15(26)16-6-5-7-18(8-16)24-20(27)17(11-23)12-25-14-22(4)10-19(25)9-21(2,3)13-22/h5-8,12,19H,9-10,13-14H2,1-4H3,(H,24,27)/b17-12-. The van der Waals surface area contributed by atoms with Crippen LogP contribution in [0.15, 0.2) is 36.0 Å². The maximum atomic E-state index is 12.6. The number of hydrogen-bond acceptors (Lipinski definition) is 4. The molecule has 1 aromatic carbocycles. The van der Waals surface area contributed by atoms with Crippen molar-refractivity contribution in [3.8, 4) is 6.07 Å². The largest absolute Gasteiger partial charge is 0.373 e. The molecule has 142 valence electrons. The van der Waals surface area contributed by atoms with Gasteiger partial charge < -0.3 is 10.2 Å². The maximum Gasteiger partial charge on any atom is 0.267 e. The second-order valence-corrected chi connectivity index (χ2v) is 9.13. The van der Waals surface area contributed by atoms with Crippen LogP contribution < -0.4 is 5.32 Å². The molecule has 0 radical (unpaired) electrons. The van der Waals surface area contributed by atoms with E-state index in [-0.39, 0.29) is 22.2 Å². The average molecular weight is 365 g/mol. The summed E-state index contributed by atoms with van der Waals surface area (Å²) in [4.78, 5) is 26.3. The molecular weight excluding hydrogens is 338 g/mol. The molecule has 1 N–H and O–H groups in total. The fourth-order valence-electron chi connectivity index (χ4n) is 4.97. The highest BCUT2D eigenvalue weighted by atomic mass is 16.1. The highest BCUT2D eigenvalue weighted by Gasteiger charge is 2.48. The number of nitrogens with zero attached hydrogens (tertiary/aromatic N) is 2. The number of carbonyl (C=O) groups is 2. The Morgan fingerprint density at radius 1 is 1.30 bits per heavy atom. The number of nitrogens with one attached hydrogen (secondary N) is 1. The third-order valence-electron chi connectivity index (χ3n) is 5.64. The van der Waals surface area contributed by atoms with Crippen molar-refractivity contribution in [1.82, 2.24) is 4.90 Å². The summed E-state index contributed by atoms with van der Waals surface area (Å²) in [6, 6.07) is 9.17. The molecule has 2 bridgehead atoms. The predicted molar refractivity (Wildman–Crippen MR) is 105 cm³/mol. The number of benzene rings is 1. The molecule has 2 fully saturated rings. The van der Waals surface area contributed by atoms with Crippen LogP contribution in [0.2, 0.25) is 0 Å². The van der Waals surface area contributed by atoms with Gasteiger partial charge in [0.2, 0.25) is 0 Å². The number of Topliss-reactive ketones (excluding diaryl/α,β-unsaturated/α-hetero) is 1. The summed E-state index contributed by atoms with van der Waals surface area (Å²) in [5.41, 5.74) is 1.65. The molecule has 2 unspecified atom stereocenters. The van der Waals surface area contributed by atoms with Gasteiger partial charge in [0.05, 0.1) is 0 Å². The Balaban J connectivity index is 1.77. The third kappa shape index (κ3) is 4.21. The Bertz CT molecular complexity index is 849. The summed E-state index contributed by atoms with van der Waals surface area (Å²) >= 11 is 0. The molecule has 1 aliphatic heterocycles. The minimum atomic E-state index is -0.441. The molecule has 0 spiro atoms. The summed E-state index contributed by atoms with van der Waals surface area (Å²) in [6.07, 6.45) is 5.06. The van der Waals surface area contributed by atoms with E-state index in [2.05, 4.69) is 31.0 Å². The van der Waals surface area contributed by atoms with Crippen molar-refractivity contribution in [3.63, 3.8) is 0 Å². The molecule has 27 heavy (non-hydrogen) atoms. The Kier molecular flexibility index (Phi) is 4.86. The number of amides is 1. The Hall–Kier alpha value is -2.61. The highest BCUT2D eigenvalue weighted by molar-refractivity contribution is 6.07. The molecule has 1 aromatic rings. The number of likely N-dealkylation sites (tertiary alicyclic amines) is 1. The Morgan fingerprint density at radius 2 is 2.04 bits per heavy atom. The van der Waals surface area contributed by atoms with E-state index in [4.69, 9.17) is 0 Å². The molecule has 1 amide bonds. The monoisotopic (exact) mass is 365 g/mol. The number of hydrogen-bond donors (Lipinski definition) is 1. The Labute approximate surface area is 161 Å². The molecule has 1 saturated carbocycles. The van der Waals surface area contributed by atoms with Crippen molar-refractivity contribution in [2.75, 3.05) is 11.9 Å². The van der Waals surface area contributed by atoms with Crippen LogP contribution in [0.25, 0.3) is 0 Å². The van der Waals surface area contributed by atoms with Gasteiger partial charge >= 0.3 is 0 Å². The van der Waals surface area contributed by atoms with Crippen molar-refractivity contribution in [2.45, 2.75) is 53.0 Å². The van der Waals surface area contributed by atoms with Gasteiger partial charge in [-0.05, 0) is 49.1 Å². The number of rotatable bonds is 4. The van der Waals surface area contributed by atoms with E-state index in [0.29, 0.717) is 17.3 Å². The van der Waals surface area contributed by atoms with E-state index in [0.717, 1.165) is 25.8 Å². The quantitative estimate of drug-likeness (QED) is 0.494. The summed E-state index contributed by atoms with van der Waals surface area (Å²) < 4.78 is 0. The summed E-state index contributed by atoms with van der Waals surface area (Å²) in [5.74, 6) is -0.508. The normalized spacial score (nSPS) is 26.4. The summed E-state index contributed by atoms with van der Waals surface area (Å²) in [6.45, 7) is 9.25. The minimum Gasteiger partial charge on any atom is -0.373 e. The molecular formula is C22H27N3O2. The predicted octanol–water partition coefficient (Wildman–Crippen LogP) is 4.14. The van der Waals surface area contributed by atoms with Crippen LogP contribution in [0.1, 0.15) is 57.3 Å². The molecule has 2 atom stereocenters. The molecule has 5 nitrogen and oxygen atoms in total. The number of nitriles is 1. The molecule has 1 saturated heterocycles. The van der Waals surface area contributed by atoms with E-state index >= 15 is 0 Å². The van der Waals surface area contributed by atoms with Gasteiger partial charge in [-0.3, -0.25) is 9.59 Å². The van der Waals surface area contributed by atoms with Crippen molar-refractivity contribution >= 4 is 17.4 Å². The van der Waals surface area contributed by atoms with Crippen LogP contribution in [0.3, 0.4) is 0 Å². The van der Waals surface area contributed by atoms with Gasteiger partial charge in [0.25, 0.3) is 5.91 Å². The molecule has 1 heterocycles. The SMILES string of the molecule is CC(=O)c1cccc(NC(=O)/C(C#N)=C\N2CC3(C)CC2CC(C)(C)C3)c1. The van der Waals surface area contributed by atoms with E-state index in [1.54, 1.807) is 30.5 Å². The lowest BCUT2D eigenvalue weighted by Crippen LogP contribution is -2.33.